The number of aromatic nitrogens is 2. The van der Waals surface area contributed by atoms with Crippen molar-refractivity contribution in [2.45, 2.75) is 219 Å². The van der Waals surface area contributed by atoms with Gasteiger partial charge in [-0.2, -0.15) is 81.0 Å². The van der Waals surface area contributed by atoms with Gasteiger partial charge in [-0.15, -0.1) is 0 Å². The van der Waals surface area contributed by atoms with Crippen molar-refractivity contribution in [3.63, 3.8) is 0 Å². The van der Waals surface area contributed by atoms with Crippen molar-refractivity contribution >= 4 is 146 Å². The van der Waals surface area contributed by atoms with Crippen molar-refractivity contribution in [2.75, 3.05) is 59.2 Å². The number of nitrogens with zero attached hydrogens (tertiary/aromatic N) is 6. The standard InChI is InChI=1S/C39H50N4O5S.C38H48N4O5S.2CH4.6H2S/c1-23(2)19-41-20-28-16-27(41)21-42(28)38(45)39-18-33(39)32-17-29(48-5)12-14-30(32)36-35(25-9-7-6-8-10-25)31-13-11-26(15-34(31)43(36)22-39)37(44)40-49(46,47)24(3)4;1-5-48(45,46)39-36(43)25-11-13-30-33(15-25)42-22-38(37(44)41-21-26-16-27(41)20-40(26)19-23(2)3)18-32(38)31-17-28(47-4)12-14-29(31)35(42)34(30)24-9-7-6-8-10-24;;;;;;;;/h11-15,17,23-25,27-28,33H,6-10,16,18-22H2,1-5H3,(H,40,44);11-15,17,23-24,26-27,32H,5-10,16,18-22H2,1-4H3,(H,39,43);2*1H4;6*1H2/t27-,28-,33+,39+;26-,27-,32-,38?;;;;;;;;/m00......../s1. The number of sulfonamides is 2. The Balaban J connectivity index is 0.000000273. The highest BCUT2D eigenvalue weighted by molar-refractivity contribution is 7.90. The first-order valence-electron chi connectivity index (χ1n) is 36.3. The second-order valence-corrected chi connectivity index (χ2v) is 35.9. The minimum absolute atomic E-state index is 0. The van der Waals surface area contributed by atoms with Crippen LogP contribution >= 0.6 is 81.0 Å². The van der Waals surface area contributed by atoms with E-state index >= 15 is 0 Å². The number of hydrogen-bond donors (Lipinski definition) is 2. The normalized spacial score (nSPS) is 24.6. The van der Waals surface area contributed by atoms with Crippen molar-refractivity contribution in [3.05, 3.63) is 106 Å². The summed E-state index contributed by atoms with van der Waals surface area (Å²) in [5, 5.41) is 1.46. The highest BCUT2D eigenvalue weighted by atomic mass is 32.2. The van der Waals surface area contributed by atoms with Crippen LogP contribution in [0.2, 0.25) is 0 Å². The summed E-state index contributed by atoms with van der Waals surface area (Å²) in [5.74, 6) is 2.78. The lowest BCUT2D eigenvalue weighted by atomic mass is 9.81. The fourth-order valence-electron chi connectivity index (χ4n) is 19.4. The average molecular weight is 1600 g/mol. The van der Waals surface area contributed by atoms with Crippen LogP contribution in [0.1, 0.15) is 220 Å². The molecule has 18 nitrogen and oxygen atoms in total. The van der Waals surface area contributed by atoms with Gasteiger partial charge in [-0.05, 0) is 179 Å². The zero-order chi connectivity index (χ0) is 67.9. The van der Waals surface area contributed by atoms with Crippen LogP contribution in [0.3, 0.4) is 0 Å². The summed E-state index contributed by atoms with van der Waals surface area (Å²) in [6.45, 7) is 20.4. The van der Waals surface area contributed by atoms with Crippen LogP contribution in [-0.4, -0.2) is 158 Å². The Morgan fingerprint density at radius 2 is 0.905 bits per heavy atom. The van der Waals surface area contributed by atoms with E-state index in [1.807, 2.05) is 36.4 Å². The molecule has 8 heterocycles. The number of nitrogens with one attached hydrogen (secondary N) is 2. The van der Waals surface area contributed by atoms with Gasteiger partial charge in [0, 0.05) is 132 Å². The number of piperazine rings is 2. The van der Waals surface area contributed by atoms with Gasteiger partial charge in [-0.1, -0.05) is 93.2 Å². The lowest BCUT2D eigenvalue weighted by Crippen LogP contribution is -2.52. The number of benzene rings is 4. The van der Waals surface area contributed by atoms with Gasteiger partial charge < -0.3 is 28.4 Å². The summed E-state index contributed by atoms with van der Waals surface area (Å²) in [5.41, 5.74) is 10.8. The van der Waals surface area contributed by atoms with Crippen molar-refractivity contribution in [3.8, 4) is 34.0 Å². The van der Waals surface area contributed by atoms with E-state index in [1.165, 1.54) is 67.7 Å². The molecule has 26 heteroatoms. The molecule has 0 spiro atoms. The van der Waals surface area contributed by atoms with Crippen molar-refractivity contribution in [2.24, 2.45) is 22.7 Å². The van der Waals surface area contributed by atoms with E-state index in [0.29, 0.717) is 60.0 Å². The first-order chi connectivity index (χ1) is 46.4. The summed E-state index contributed by atoms with van der Waals surface area (Å²) in [6, 6.07) is 25.3. The molecule has 8 fully saturated rings. The van der Waals surface area contributed by atoms with E-state index in [9.17, 15) is 36.0 Å². The molecule has 10 aliphatic rings. The first-order valence-corrected chi connectivity index (χ1v) is 39.5. The third-order valence-corrected chi connectivity index (χ3v) is 27.3. The average Bonchev–Trinajstić information content (AvgIpc) is 1.52. The minimum Gasteiger partial charge on any atom is -0.497 e. The maximum absolute atomic E-state index is 15.0. The molecule has 4 saturated carbocycles. The zero-order valence-corrected chi connectivity index (χ0v) is 68.8. The topological polar surface area (TPSA) is 202 Å². The van der Waals surface area contributed by atoms with E-state index in [2.05, 4.69) is 90.1 Å². The van der Waals surface area contributed by atoms with Gasteiger partial charge in [-0.25, -0.2) is 26.3 Å². The third-order valence-electron chi connectivity index (χ3n) is 24.3. The van der Waals surface area contributed by atoms with Gasteiger partial charge in [-0.3, -0.25) is 29.0 Å². The predicted octanol–water partition coefficient (Wildman–Crippen LogP) is 14.1. The van der Waals surface area contributed by atoms with Crippen LogP contribution in [0.15, 0.2) is 72.8 Å². The summed E-state index contributed by atoms with van der Waals surface area (Å²) in [4.78, 5) is 66.2. The van der Waals surface area contributed by atoms with Gasteiger partial charge in [0.25, 0.3) is 11.8 Å². The highest BCUT2D eigenvalue weighted by Crippen LogP contribution is 2.68. The van der Waals surface area contributed by atoms with E-state index in [4.69, 9.17) is 9.47 Å². The number of carbonyl (C=O) groups excluding carboxylic acids is 4. The second kappa shape index (κ2) is 33.5. The van der Waals surface area contributed by atoms with Crippen molar-refractivity contribution in [1.82, 2.24) is 38.2 Å². The Hall–Kier alpha value is -4.64. The maximum atomic E-state index is 15.0. The maximum Gasteiger partial charge on any atom is 0.264 e. The molecule has 105 heavy (non-hydrogen) atoms. The number of fused-ring (bicyclic) bond motifs is 18. The fourth-order valence-corrected chi connectivity index (χ4v) is 20.5. The van der Waals surface area contributed by atoms with Crippen LogP contribution in [0.5, 0.6) is 11.5 Å². The molecular formula is C79H118N8O10S8. The summed E-state index contributed by atoms with van der Waals surface area (Å²) in [6.07, 6.45) is 15.2. The summed E-state index contributed by atoms with van der Waals surface area (Å²) >= 11 is 0. The van der Waals surface area contributed by atoms with Gasteiger partial charge in [0.2, 0.25) is 31.9 Å². The SMILES string of the molecule is C.C.CCS(=O)(=O)NC(=O)c1ccc2c(C3CCCCC3)c3n(c2c1)CC1(C(=O)N2C[C@@H]4C[C@H]2CN4CC(C)C)C[C@H]1c1cc(OC)ccc1-3.COc1ccc2c(c1)[C@H]1C[C@@]1(C(=O)N1C[C@@H]3C[C@H]1CN3CC(C)C)Cn1c-2c(C2CCCCC2)c2ccc(C(=O)NS(=O)(=O)C(C)C)cc21.S.S.S.S.S.S. The number of ether oxygens (including phenoxy) is 2. The van der Waals surface area contributed by atoms with Gasteiger partial charge >= 0.3 is 0 Å². The minimum atomic E-state index is -3.80. The summed E-state index contributed by atoms with van der Waals surface area (Å²) < 4.78 is 70.8. The van der Waals surface area contributed by atoms with E-state index in [1.54, 1.807) is 40.2 Å². The smallest absolute Gasteiger partial charge is 0.264 e. The quantitative estimate of drug-likeness (QED) is 0.0930. The Bertz CT molecular complexity index is 4440. The first kappa shape index (κ1) is 87.6. The lowest BCUT2D eigenvalue weighted by Gasteiger charge is -2.37. The van der Waals surface area contributed by atoms with Crippen molar-refractivity contribution < 1.29 is 45.5 Å². The molecule has 6 aromatic rings. The Morgan fingerprint density at radius 1 is 0.514 bits per heavy atom. The van der Waals surface area contributed by atoms with Gasteiger partial charge in [0.05, 0.1) is 47.4 Å². The molecule has 4 aromatic carbocycles. The molecule has 4 bridgehead atoms. The van der Waals surface area contributed by atoms with Gasteiger partial charge in [0.1, 0.15) is 11.5 Å². The van der Waals surface area contributed by atoms with Crippen LogP contribution in [0.4, 0.5) is 0 Å². The number of likely N-dealkylation sites (tertiary alicyclic amines) is 4. The Labute approximate surface area is 666 Å². The number of hydrogen-bond acceptors (Lipinski definition) is 12. The largest absolute Gasteiger partial charge is 0.497 e. The molecule has 0 radical (unpaired) electrons. The number of rotatable bonds is 16. The number of methoxy groups -OCH3 is 2. The molecular weight excluding hydrogens is 1480 g/mol. The number of carbonyl (C=O) groups is 4. The molecule has 16 rings (SSSR count). The second-order valence-electron chi connectivity index (χ2n) is 31.6. The molecule has 4 saturated heterocycles. The molecule has 4 amide bonds. The lowest BCUT2D eigenvalue weighted by molar-refractivity contribution is -0.141. The summed E-state index contributed by atoms with van der Waals surface area (Å²) in [7, 11) is -4.13. The Kier molecular flexibility index (Phi) is 28.0. The molecule has 4 aliphatic carbocycles. The molecule has 8 atom stereocenters. The van der Waals surface area contributed by atoms with E-state index in [0.717, 1.165) is 146 Å². The van der Waals surface area contributed by atoms with Crippen LogP contribution in [-0.2, 0) is 42.7 Å². The molecule has 2 N–H and O–H groups in total. The van der Waals surface area contributed by atoms with Gasteiger partial charge in [0.15, 0.2) is 0 Å². The molecule has 6 aliphatic heterocycles. The highest BCUT2D eigenvalue weighted by Gasteiger charge is 2.67. The molecule has 1 unspecified atom stereocenters. The van der Waals surface area contributed by atoms with Crippen LogP contribution in [0.25, 0.3) is 44.3 Å². The molecule has 2 aromatic heterocycles. The monoisotopic (exact) mass is 1590 g/mol. The van der Waals surface area contributed by atoms with Crippen LogP contribution < -0.4 is 18.9 Å². The number of amides is 4. The fraction of sp³-hybridized carbons (Fsp3) is 0.595. The predicted molar refractivity (Wildman–Crippen MR) is 454 cm³/mol. The zero-order valence-electron chi connectivity index (χ0n) is 61.1. The van der Waals surface area contributed by atoms with Crippen molar-refractivity contribution in [1.29, 1.82) is 0 Å². The van der Waals surface area contributed by atoms with E-state index < -0.39 is 47.9 Å². The molecule has 582 valence electrons. The van der Waals surface area contributed by atoms with E-state index in [-0.39, 0.29) is 137 Å². The third kappa shape index (κ3) is 15.5. The Morgan fingerprint density at radius 3 is 1.25 bits per heavy atom. The van der Waals surface area contributed by atoms with Crippen LogP contribution in [0, 0.1) is 22.7 Å².